The van der Waals surface area contributed by atoms with E-state index in [4.69, 9.17) is 0 Å². The molecule has 154 valence electrons. The van der Waals surface area contributed by atoms with Gasteiger partial charge in [-0.2, -0.15) is 0 Å². The van der Waals surface area contributed by atoms with Crippen LogP contribution < -0.4 is 5.32 Å². The topological polar surface area (TPSA) is 48.5 Å². The number of nitrogens with one attached hydrogen (secondary N) is 1. The molecule has 5 nitrogen and oxygen atoms in total. The molecule has 2 aliphatic rings. The molecular formula is C24H32N4O. The van der Waals surface area contributed by atoms with E-state index in [0.29, 0.717) is 30.2 Å². The fourth-order valence-electron chi connectivity index (χ4n) is 5.07. The van der Waals surface area contributed by atoms with Gasteiger partial charge in [0.1, 0.15) is 0 Å². The minimum absolute atomic E-state index is 0.0804. The number of carbonyl (C=O) groups excluding carboxylic acids is 1. The second-order valence-electron chi connectivity index (χ2n) is 8.62. The SMILES string of the molecule is Cc1ncccc1C(=O)N1Cc2ccccc2NCC[C@H]2CC[C@@H](C1)N2C(C)C. The first kappa shape index (κ1) is 19.9. The Balaban J connectivity index is 1.71. The highest BCUT2D eigenvalue weighted by Crippen LogP contribution is 2.31. The molecule has 1 amide bonds. The number of hydrogen-bond acceptors (Lipinski definition) is 4. The number of rotatable bonds is 2. The Kier molecular flexibility index (Phi) is 5.86. The van der Waals surface area contributed by atoms with Crippen LogP contribution in [0.25, 0.3) is 0 Å². The van der Waals surface area contributed by atoms with Crippen molar-refractivity contribution in [2.45, 2.75) is 64.7 Å². The number of amides is 1. The molecule has 2 bridgehead atoms. The van der Waals surface area contributed by atoms with E-state index in [1.54, 1.807) is 6.20 Å². The minimum atomic E-state index is 0.0804. The van der Waals surface area contributed by atoms with Gasteiger partial charge >= 0.3 is 0 Å². The van der Waals surface area contributed by atoms with Crippen LogP contribution in [0.15, 0.2) is 42.6 Å². The smallest absolute Gasteiger partial charge is 0.256 e. The van der Waals surface area contributed by atoms with E-state index in [9.17, 15) is 4.79 Å². The highest BCUT2D eigenvalue weighted by atomic mass is 16.2. The van der Waals surface area contributed by atoms with Crippen LogP contribution in [0.2, 0.25) is 0 Å². The zero-order valence-electron chi connectivity index (χ0n) is 17.8. The molecule has 1 saturated heterocycles. The van der Waals surface area contributed by atoms with Crippen molar-refractivity contribution in [3.8, 4) is 0 Å². The molecule has 3 heterocycles. The Labute approximate surface area is 174 Å². The second-order valence-corrected chi connectivity index (χ2v) is 8.62. The minimum Gasteiger partial charge on any atom is -0.385 e. The van der Waals surface area contributed by atoms with Crippen LogP contribution in [0, 0.1) is 6.92 Å². The number of benzene rings is 1. The van der Waals surface area contributed by atoms with E-state index in [1.807, 2.05) is 24.0 Å². The number of aryl methyl sites for hydroxylation is 1. The van der Waals surface area contributed by atoms with Gasteiger partial charge in [0.15, 0.2) is 0 Å². The molecular weight excluding hydrogens is 360 g/mol. The van der Waals surface area contributed by atoms with Crippen molar-refractivity contribution in [1.29, 1.82) is 0 Å². The van der Waals surface area contributed by atoms with Crippen LogP contribution in [0.3, 0.4) is 0 Å². The fourth-order valence-corrected chi connectivity index (χ4v) is 5.07. The monoisotopic (exact) mass is 392 g/mol. The lowest BCUT2D eigenvalue weighted by Crippen LogP contribution is -2.48. The van der Waals surface area contributed by atoms with E-state index < -0.39 is 0 Å². The normalized spacial score (nSPS) is 22.7. The van der Waals surface area contributed by atoms with Gasteiger partial charge in [0, 0.05) is 55.3 Å². The third-order valence-corrected chi connectivity index (χ3v) is 6.40. The Hall–Kier alpha value is -2.40. The van der Waals surface area contributed by atoms with Crippen molar-refractivity contribution < 1.29 is 4.79 Å². The van der Waals surface area contributed by atoms with Gasteiger partial charge in [-0.1, -0.05) is 18.2 Å². The summed E-state index contributed by atoms with van der Waals surface area (Å²) >= 11 is 0. The van der Waals surface area contributed by atoms with Crippen molar-refractivity contribution >= 4 is 11.6 Å². The summed E-state index contributed by atoms with van der Waals surface area (Å²) in [4.78, 5) is 22.6. The summed E-state index contributed by atoms with van der Waals surface area (Å²) in [6.07, 6.45) is 5.25. The summed E-state index contributed by atoms with van der Waals surface area (Å²) < 4.78 is 0. The number of anilines is 1. The molecule has 2 atom stereocenters. The summed E-state index contributed by atoms with van der Waals surface area (Å²) in [5.41, 5.74) is 3.82. The maximum atomic E-state index is 13.6. The van der Waals surface area contributed by atoms with Crippen molar-refractivity contribution in [1.82, 2.24) is 14.8 Å². The molecule has 1 aromatic carbocycles. The molecule has 5 heteroatoms. The van der Waals surface area contributed by atoms with Gasteiger partial charge in [-0.3, -0.25) is 14.7 Å². The molecule has 0 saturated carbocycles. The lowest BCUT2D eigenvalue weighted by atomic mass is 10.1. The van der Waals surface area contributed by atoms with Crippen LogP contribution in [0.5, 0.6) is 0 Å². The largest absolute Gasteiger partial charge is 0.385 e. The average Bonchev–Trinajstić information content (AvgIpc) is 3.09. The van der Waals surface area contributed by atoms with Gasteiger partial charge in [-0.05, 0) is 63.8 Å². The van der Waals surface area contributed by atoms with E-state index >= 15 is 0 Å². The Morgan fingerprint density at radius 2 is 1.90 bits per heavy atom. The predicted octanol–water partition coefficient (Wildman–Crippen LogP) is 4.09. The van der Waals surface area contributed by atoms with Gasteiger partial charge in [-0.15, -0.1) is 0 Å². The molecule has 1 N–H and O–H groups in total. The number of para-hydroxylation sites is 1. The van der Waals surface area contributed by atoms with Crippen molar-refractivity contribution in [3.63, 3.8) is 0 Å². The summed E-state index contributed by atoms with van der Waals surface area (Å²) in [7, 11) is 0. The Morgan fingerprint density at radius 1 is 1.10 bits per heavy atom. The highest BCUT2D eigenvalue weighted by Gasteiger charge is 2.37. The van der Waals surface area contributed by atoms with Crippen molar-refractivity contribution in [2.75, 3.05) is 18.4 Å². The van der Waals surface area contributed by atoms with Gasteiger partial charge in [0.2, 0.25) is 0 Å². The second kappa shape index (κ2) is 8.54. The quantitative estimate of drug-likeness (QED) is 0.836. The molecule has 2 aliphatic heterocycles. The third kappa shape index (κ3) is 4.15. The molecule has 4 rings (SSSR count). The first-order valence-corrected chi connectivity index (χ1v) is 10.8. The van der Waals surface area contributed by atoms with Crippen LogP contribution in [-0.4, -0.2) is 51.9 Å². The standard InChI is InChI=1S/C24H32N4O/c1-17(2)28-20-10-11-21(28)16-27(24(29)22-8-6-13-25-18(22)3)15-19-7-4-5-9-23(19)26-14-12-20/h4-9,13,17,20-21,26H,10-12,14-16H2,1-3H3/t20-,21+/m1/s1. The number of hydrogen-bond donors (Lipinski definition) is 1. The molecule has 0 aliphatic carbocycles. The molecule has 1 fully saturated rings. The Morgan fingerprint density at radius 3 is 2.69 bits per heavy atom. The van der Waals surface area contributed by atoms with Crippen molar-refractivity contribution in [3.05, 3.63) is 59.4 Å². The zero-order chi connectivity index (χ0) is 20.4. The Bertz CT molecular complexity index is 865. The lowest BCUT2D eigenvalue weighted by molar-refractivity contribution is 0.0632. The van der Waals surface area contributed by atoms with Crippen LogP contribution >= 0.6 is 0 Å². The van der Waals surface area contributed by atoms with Gasteiger partial charge < -0.3 is 10.2 Å². The summed E-state index contributed by atoms with van der Waals surface area (Å²) in [5.74, 6) is 0.0804. The van der Waals surface area contributed by atoms with E-state index in [1.165, 1.54) is 12.0 Å². The predicted molar refractivity (Wildman–Crippen MR) is 117 cm³/mol. The average molecular weight is 393 g/mol. The molecule has 29 heavy (non-hydrogen) atoms. The van der Waals surface area contributed by atoms with Crippen molar-refractivity contribution in [2.24, 2.45) is 0 Å². The number of carbonyl (C=O) groups is 1. The van der Waals surface area contributed by atoms with Crippen LogP contribution in [0.1, 0.15) is 54.7 Å². The summed E-state index contributed by atoms with van der Waals surface area (Å²) in [5, 5.41) is 3.64. The highest BCUT2D eigenvalue weighted by molar-refractivity contribution is 5.95. The van der Waals surface area contributed by atoms with Gasteiger partial charge in [0.05, 0.1) is 5.56 Å². The number of fused-ring (bicyclic) bond motifs is 3. The first-order chi connectivity index (χ1) is 14.0. The molecule has 0 unspecified atom stereocenters. The number of nitrogens with zero attached hydrogens (tertiary/aromatic N) is 3. The maximum Gasteiger partial charge on any atom is 0.256 e. The first-order valence-electron chi connectivity index (χ1n) is 10.8. The van der Waals surface area contributed by atoms with Gasteiger partial charge in [0.25, 0.3) is 5.91 Å². The zero-order valence-corrected chi connectivity index (χ0v) is 17.8. The molecule has 0 spiro atoms. The lowest BCUT2D eigenvalue weighted by Gasteiger charge is -2.36. The molecule has 2 aromatic rings. The maximum absolute atomic E-state index is 13.6. The summed E-state index contributed by atoms with van der Waals surface area (Å²) in [6.45, 7) is 8.82. The number of aromatic nitrogens is 1. The third-order valence-electron chi connectivity index (χ3n) is 6.40. The van der Waals surface area contributed by atoms with E-state index in [2.05, 4.69) is 53.3 Å². The van der Waals surface area contributed by atoms with Gasteiger partial charge in [-0.25, -0.2) is 0 Å². The van der Waals surface area contributed by atoms with Crippen LogP contribution in [0.4, 0.5) is 5.69 Å². The summed E-state index contributed by atoms with van der Waals surface area (Å²) in [6, 6.07) is 13.6. The fraction of sp³-hybridized carbons (Fsp3) is 0.500. The molecule has 0 radical (unpaired) electrons. The van der Waals surface area contributed by atoms with E-state index in [0.717, 1.165) is 37.3 Å². The number of pyridine rings is 1. The van der Waals surface area contributed by atoms with E-state index in [-0.39, 0.29) is 5.91 Å². The van der Waals surface area contributed by atoms with Crippen LogP contribution in [-0.2, 0) is 6.54 Å². The molecule has 1 aromatic heterocycles.